The second kappa shape index (κ2) is 9.14. The second-order valence-corrected chi connectivity index (χ2v) is 6.66. The summed E-state index contributed by atoms with van der Waals surface area (Å²) in [6.45, 7) is 5.54. The molecule has 1 fully saturated rings. The Morgan fingerprint density at radius 3 is 2.26 bits per heavy atom. The molecule has 0 unspecified atom stereocenters. The first kappa shape index (κ1) is 18.9. The van der Waals surface area contributed by atoms with E-state index in [0.29, 0.717) is 24.3 Å². The van der Waals surface area contributed by atoms with Gasteiger partial charge in [-0.25, -0.2) is 4.79 Å². The van der Waals surface area contributed by atoms with Crippen molar-refractivity contribution >= 4 is 23.6 Å². The number of nitrogens with one attached hydrogen (secondary N) is 1. The van der Waals surface area contributed by atoms with Crippen LogP contribution in [0.1, 0.15) is 22.8 Å². The molecule has 3 rings (SSSR count). The van der Waals surface area contributed by atoms with Gasteiger partial charge in [-0.1, -0.05) is 42.5 Å². The molecule has 5 heteroatoms. The van der Waals surface area contributed by atoms with Gasteiger partial charge in [0.1, 0.15) is 0 Å². The third-order valence-corrected chi connectivity index (χ3v) is 4.68. The number of nitrogens with zero attached hydrogens (tertiary/aromatic N) is 2. The Balaban J connectivity index is 1.43. The molecule has 2 aromatic rings. The zero-order chi connectivity index (χ0) is 19.1. The van der Waals surface area contributed by atoms with Gasteiger partial charge >= 0.3 is 6.03 Å². The van der Waals surface area contributed by atoms with Crippen LogP contribution >= 0.6 is 0 Å². The van der Waals surface area contributed by atoms with Crippen molar-refractivity contribution in [3.05, 3.63) is 71.8 Å². The average Bonchev–Trinajstić information content (AvgIpc) is 2.70. The summed E-state index contributed by atoms with van der Waals surface area (Å²) in [5.41, 5.74) is 2.55. The lowest BCUT2D eigenvalue weighted by Gasteiger charge is -2.34. The third kappa shape index (κ3) is 5.53. The van der Waals surface area contributed by atoms with Crippen molar-refractivity contribution in [1.29, 1.82) is 0 Å². The monoisotopic (exact) mass is 363 g/mol. The molecule has 0 saturated carbocycles. The van der Waals surface area contributed by atoms with Crippen molar-refractivity contribution in [3.8, 4) is 0 Å². The minimum Gasteiger partial charge on any atom is -0.322 e. The highest BCUT2D eigenvalue weighted by atomic mass is 16.2. The van der Waals surface area contributed by atoms with Gasteiger partial charge in [0.05, 0.1) is 0 Å². The number of carbonyl (C=O) groups excluding carboxylic acids is 2. The molecule has 1 heterocycles. The predicted molar refractivity (Wildman–Crippen MR) is 109 cm³/mol. The quantitative estimate of drug-likeness (QED) is 0.823. The lowest BCUT2D eigenvalue weighted by Crippen LogP contribution is -2.49. The van der Waals surface area contributed by atoms with Crippen molar-refractivity contribution in [2.45, 2.75) is 6.92 Å². The molecule has 1 N–H and O–H groups in total. The van der Waals surface area contributed by atoms with Gasteiger partial charge in [-0.05, 0) is 36.8 Å². The summed E-state index contributed by atoms with van der Waals surface area (Å²) in [4.78, 5) is 27.9. The van der Waals surface area contributed by atoms with E-state index in [2.05, 4.69) is 34.5 Å². The van der Waals surface area contributed by atoms with E-state index in [1.807, 2.05) is 23.1 Å². The minimum absolute atomic E-state index is 0.0188. The molecule has 1 aliphatic rings. The van der Waals surface area contributed by atoms with Gasteiger partial charge in [-0.3, -0.25) is 9.69 Å². The lowest BCUT2D eigenvalue weighted by atomic mass is 10.1. The molecule has 0 spiro atoms. The summed E-state index contributed by atoms with van der Waals surface area (Å²) >= 11 is 0. The summed E-state index contributed by atoms with van der Waals surface area (Å²) in [7, 11) is 0. The van der Waals surface area contributed by atoms with Crippen LogP contribution in [0.25, 0.3) is 6.08 Å². The highest BCUT2D eigenvalue weighted by Gasteiger charge is 2.20. The Bertz CT molecular complexity index is 792. The van der Waals surface area contributed by atoms with Crippen molar-refractivity contribution in [2.75, 3.05) is 38.0 Å². The number of amides is 2. The molecular weight excluding hydrogens is 338 g/mol. The van der Waals surface area contributed by atoms with Crippen LogP contribution in [-0.4, -0.2) is 54.3 Å². The zero-order valence-corrected chi connectivity index (χ0v) is 15.6. The number of hydrogen-bond donors (Lipinski definition) is 1. The molecule has 140 valence electrons. The van der Waals surface area contributed by atoms with Gasteiger partial charge in [0.15, 0.2) is 5.78 Å². The molecule has 1 aliphatic heterocycles. The standard InChI is InChI=1S/C22H25N3O2/c1-18(26)20-9-11-21(12-10-20)23-22(27)25-16-14-24(15-17-25)13-5-8-19-6-3-2-4-7-19/h2-12H,13-17H2,1H3,(H,23,27)/b8-5+. The molecule has 2 amide bonds. The maximum atomic E-state index is 12.4. The molecule has 0 aliphatic carbocycles. The topological polar surface area (TPSA) is 52.7 Å². The van der Waals surface area contributed by atoms with Gasteiger partial charge in [-0.2, -0.15) is 0 Å². The molecule has 0 aromatic heterocycles. The van der Waals surface area contributed by atoms with Crippen LogP contribution in [0.3, 0.4) is 0 Å². The van der Waals surface area contributed by atoms with Crippen LogP contribution in [0.5, 0.6) is 0 Å². The van der Waals surface area contributed by atoms with Crippen LogP contribution in [0.15, 0.2) is 60.7 Å². The molecule has 27 heavy (non-hydrogen) atoms. The van der Waals surface area contributed by atoms with Crippen molar-refractivity contribution in [1.82, 2.24) is 9.80 Å². The first-order chi connectivity index (χ1) is 13.1. The van der Waals surface area contributed by atoms with E-state index in [1.165, 1.54) is 12.5 Å². The van der Waals surface area contributed by atoms with E-state index in [-0.39, 0.29) is 11.8 Å². The van der Waals surface area contributed by atoms with E-state index in [1.54, 1.807) is 24.3 Å². The van der Waals surface area contributed by atoms with Crippen LogP contribution in [0, 0.1) is 0 Å². The fourth-order valence-corrected chi connectivity index (χ4v) is 3.03. The van der Waals surface area contributed by atoms with Crippen molar-refractivity contribution in [2.24, 2.45) is 0 Å². The molecular formula is C22H25N3O2. The van der Waals surface area contributed by atoms with Crippen molar-refractivity contribution in [3.63, 3.8) is 0 Å². The van der Waals surface area contributed by atoms with Gasteiger partial charge in [-0.15, -0.1) is 0 Å². The zero-order valence-electron chi connectivity index (χ0n) is 15.6. The van der Waals surface area contributed by atoms with E-state index >= 15 is 0 Å². The number of ketones is 1. The van der Waals surface area contributed by atoms with Crippen LogP contribution < -0.4 is 5.32 Å². The van der Waals surface area contributed by atoms with Crippen molar-refractivity contribution < 1.29 is 9.59 Å². The average molecular weight is 363 g/mol. The maximum absolute atomic E-state index is 12.4. The molecule has 0 radical (unpaired) electrons. The largest absolute Gasteiger partial charge is 0.322 e. The molecule has 0 atom stereocenters. The van der Waals surface area contributed by atoms with E-state index < -0.39 is 0 Å². The third-order valence-electron chi connectivity index (χ3n) is 4.68. The van der Waals surface area contributed by atoms with E-state index in [9.17, 15) is 9.59 Å². The Hall–Kier alpha value is -2.92. The Labute approximate surface area is 160 Å². The summed E-state index contributed by atoms with van der Waals surface area (Å²) in [5.74, 6) is 0.0188. The maximum Gasteiger partial charge on any atom is 0.321 e. The van der Waals surface area contributed by atoms with Gasteiger partial charge in [0.25, 0.3) is 0 Å². The summed E-state index contributed by atoms with van der Waals surface area (Å²) < 4.78 is 0. The lowest BCUT2D eigenvalue weighted by molar-refractivity contribution is 0.101. The first-order valence-electron chi connectivity index (χ1n) is 9.23. The number of urea groups is 1. The molecule has 5 nitrogen and oxygen atoms in total. The van der Waals surface area contributed by atoms with Crippen LogP contribution in [-0.2, 0) is 0 Å². The molecule has 2 aromatic carbocycles. The van der Waals surface area contributed by atoms with Crippen LogP contribution in [0.2, 0.25) is 0 Å². The Kier molecular flexibility index (Phi) is 6.39. The van der Waals surface area contributed by atoms with Gasteiger partial charge in [0.2, 0.25) is 0 Å². The highest BCUT2D eigenvalue weighted by Crippen LogP contribution is 2.12. The van der Waals surface area contributed by atoms with E-state index in [0.717, 1.165) is 19.6 Å². The fraction of sp³-hybridized carbons (Fsp3) is 0.273. The Morgan fingerprint density at radius 1 is 0.963 bits per heavy atom. The molecule has 1 saturated heterocycles. The number of piperazine rings is 1. The number of hydrogen-bond acceptors (Lipinski definition) is 3. The van der Waals surface area contributed by atoms with Gasteiger partial charge in [0, 0.05) is 44.0 Å². The van der Waals surface area contributed by atoms with Crippen LogP contribution in [0.4, 0.5) is 10.5 Å². The Morgan fingerprint density at radius 2 is 1.63 bits per heavy atom. The second-order valence-electron chi connectivity index (χ2n) is 6.66. The summed E-state index contributed by atoms with van der Waals surface area (Å²) in [6.07, 6.45) is 4.30. The smallest absolute Gasteiger partial charge is 0.321 e. The predicted octanol–water partition coefficient (Wildman–Crippen LogP) is 3.75. The summed E-state index contributed by atoms with van der Waals surface area (Å²) in [5, 5.41) is 2.90. The number of Topliss-reactive ketones (excluding diaryl/α,β-unsaturated/α-hetero) is 1. The fourth-order valence-electron chi connectivity index (χ4n) is 3.03. The molecule has 0 bridgehead atoms. The number of carbonyl (C=O) groups is 2. The number of benzene rings is 2. The van der Waals surface area contributed by atoms with E-state index in [4.69, 9.17) is 0 Å². The SMILES string of the molecule is CC(=O)c1ccc(NC(=O)N2CCN(C/C=C/c3ccccc3)CC2)cc1. The first-order valence-corrected chi connectivity index (χ1v) is 9.23. The minimum atomic E-state index is -0.0925. The van der Waals surface area contributed by atoms with Gasteiger partial charge < -0.3 is 10.2 Å². The number of rotatable bonds is 5. The number of anilines is 1. The summed E-state index contributed by atoms with van der Waals surface area (Å²) in [6, 6.07) is 17.1. The normalized spacial score (nSPS) is 15.1. The highest BCUT2D eigenvalue weighted by molar-refractivity contribution is 5.95.